The third-order valence-electron chi connectivity index (χ3n) is 7.41. The summed E-state index contributed by atoms with van der Waals surface area (Å²) in [4.78, 5) is 59.7. The molecule has 0 radical (unpaired) electrons. The van der Waals surface area contributed by atoms with Crippen LogP contribution in [0.2, 0.25) is 0 Å². The van der Waals surface area contributed by atoms with Crippen molar-refractivity contribution < 1.29 is 57.1 Å². The Morgan fingerprint density at radius 2 is 1.24 bits per heavy atom. The predicted octanol–water partition coefficient (Wildman–Crippen LogP) is 3.41. The first-order valence-corrected chi connectivity index (χ1v) is 15.1. The SMILES string of the molecule is CC(=O)OC[C@H]1O[C@H](OCCCCNC(=O)OCC2c3ccccc3-c3ccccc32)[C@@H](OC(C)=O)[C@H](OC(C)=O)[C@H]1OC(C)=O. The van der Waals surface area contributed by atoms with Gasteiger partial charge in [-0.1, -0.05) is 48.5 Å². The molecule has 2 aliphatic rings. The van der Waals surface area contributed by atoms with Crippen LogP contribution in [-0.4, -0.2) is 87.0 Å². The Morgan fingerprint density at radius 3 is 1.83 bits per heavy atom. The summed E-state index contributed by atoms with van der Waals surface area (Å²) in [6.45, 7) is 4.90. The summed E-state index contributed by atoms with van der Waals surface area (Å²) in [5.74, 6) is -2.83. The lowest BCUT2D eigenvalue weighted by Crippen LogP contribution is -2.63. The number of rotatable bonds is 13. The van der Waals surface area contributed by atoms with Crippen LogP contribution in [0.4, 0.5) is 4.79 Å². The lowest BCUT2D eigenvalue weighted by Gasteiger charge is -2.44. The Hall–Kier alpha value is -4.49. The number of hydrogen-bond donors (Lipinski definition) is 1. The number of hydrogen-bond acceptors (Lipinski definition) is 12. The summed E-state index contributed by atoms with van der Waals surface area (Å²) in [5.41, 5.74) is 4.53. The minimum atomic E-state index is -1.31. The third-order valence-corrected chi connectivity index (χ3v) is 7.41. The molecule has 2 aromatic rings. The number of unbranched alkanes of at least 4 members (excludes halogenated alkanes) is 1. The van der Waals surface area contributed by atoms with Crippen LogP contribution in [-0.2, 0) is 52.3 Å². The molecule has 0 unspecified atom stereocenters. The number of alkyl carbamates (subject to hydrolysis) is 1. The maximum absolute atomic E-state index is 12.5. The average Bonchev–Trinajstić information content (AvgIpc) is 3.32. The first-order valence-electron chi connectivity index (χ1n) is 15.1. The quantitative estimate of drug-likeness (QED) is 0.193. The van der Waals surface area contributed by atoms with Gasteiger partial charge in [-0.3, -0.25) is 19.2 Å². The molecule has 0 spiro atoms. The van der Waals surface area contributed by atoms with Gasteiger partial charge in [0.1, 0.15) is 19.3 Å². The fraction of sp³-hybridized carbons (Fsp3) is 0.485. The number of benzene rings is 2. The second-order valence-corrected chi connectivity index (χ2v) is 10.9. The number of esters is 4. The van der Waals surface area contributed by atoms with Gasteiger partial charge >= 0.3 is 30.0 Å². The number of carbonyl (C=O) groups is 5. The molecule has 4 rings (SSSR count). The normalized spacial score (nSPS) is 21.7. The summed E-state index contributed by atoms with van der Waals surface area (Å²) in [6.07, 6.45) is -5.78. The van der Waals surface area contributed by atoms with Gasteiger partial charge in [-0.05, 0) is 35.1 Å². The summed E-state index contributed by atoms with van der Waals surface area (Å²) >= 11 is 0. The second kappa shape index (κ2) is 16.2. The van der Waals surface area contributed by atoms with E-state index >= 15 is 0 Å². The molecule has 248 valence electrons. The van der Waals surface area contributed by atoms with E-state index in [2.05, 4.69) is 17.4 Å². The molecular weight excluding hydrogens is 602 g/mol. The Morgan fingerprint density at radius 1 is 0.674 bits per heavy atom. The Kier molecular flexibility index (Phi) is 12.1. The number of amides is 1. The van der Waals surface area contributed by atoms with Crippen LogP contribution in [0.1, 0.15) is 57.6 Å². The molecule has 1 aliphatic heterocycles. The van der Waals surface area contributed by atoms with Gasteiger partial charge in [-0.25, -0.2) is 4.79 Å². The van der Waals surface area contributed by atoms with E-state index in [9.17, 15) is 24.0 Å². The largest absolute Gasteiger partial charge is 0.463 e. The molecule has 0 aromatic heterocycles. The van der Waals surface area contributed by atoms with Crippen molar-refractivity contribution in [2.24, 2.45) is 0 Å². The number of fused-ring (bicyclic) bond motifs is 3. The highest BCUT2D eigenvalue weighted by Crippen LogP contribution is 2.44. The molecule has 0 saturated carbocycles. The van der Waals surface area contributed by atoms with Gasteiger partial charge in [0.2, 0.25) is 0 Å². The highest BCUT2D eigenvalue weighted by molar-refractivity contribution is 5.79. The van der Waals surface area contributed by atoms with Gasteiger partial charge < -0.3 is 38.5 Å². The highest BCUT2D eigenvalue weighted by atomic mass is 16.7. The molecule has 1 amide bonds. The third kappa shape index (κ3) is 9.04. The standard InChI is InChI=1S/C33H39NO12/c1-19(35)41-18-28-29(43-20(2)36)30(44-21(3)37)31(45-22(4)38)32(46-28)40-16-10-9-15-34-33(39)42-17-27-25-13-7-5-11-23(25)24-12-6-8-14-26(24)27/h5-8,11-14,27-32H,9-10,15-18H2,1-4H3,(H,34,39)/t28-,29+,30-,31+,32+/m1/s1. The van der Waals surface area contributed by atoms with E-state index in [-0.39, 0.29) is 25.7 Å². The number of ether oxygens (including phenoxy) is 7. The minimum absolute atomic E-state index is 0.0480. The fourth-order valence-electron chi connectivity index (χ4n) is 5.59. The maximum Gasteiger partial charge on any atom is 0.407 e. The van der Waals surface area contributed by atoms with E-state index in [1.165, 1.54) is 6.92 Å². The van der Waals surface area contributed by atoms with Crippen molar-refractivity contribution in [3.05, 3.63) is 59.7 Å². The van der Waals surface area contributed by atoms with E-state index in [1.54, 1.807) is 0 Å². The molecule has 1 aliphatic carbocycles. The van der Waals surface area contributed by atoms with Gasteiger partial charge in [-0.15, -0.1) is 0 Å². The van der Waals surface area contributed by atoms with Crippen molar-refractivity contribution in [2.45, 2.75) is 77.2 Å². The molecular formula is C33H39NO12. The zero-order valence-electron chi connectivity index (χ0n) is 26.2. The highest BCUT2D eigenvalue weighted by Gasteiger charge is 2.52. The number of nitrogens with one attached hydrogen (secondary N) is 1. The summed E-state index contributed by atoms with van der Waals surface area (Å²) < 4.78 is 38.5. The molecule has 13 nitrogen and oxygen atoms in total. The molecule has 1 saturated heterocycles. The molecule has 2 aromatic carbocycles. The Labute approximate surface area is 266 Å². The van der Waals surface area contributed by atoms with Crippen LogP contribution in [0, 0.1) is 0 Å². The van der Waals surface area contributed by atoms with E-state index in [0.717, 1.165) is 43.0 Å². The van der Waals surface area contributed by atoms with Crippen LogP contribution in [0.3, 0.4) is 0 Å². The van der Waals surface area contributed by atoms with E-state index in [4.69, 9.17) is 33.2 Å². The lowest BCUT2D eigenvalue weighted by atomic mass is 9.98. The monoisotopic (exact) mass is 641 g/mol. The zero-order chi connectivity index (χ0) is 33.2. The smallest absolute Gasteiger partial charge is 0.407 e. The average molecular weight is 642 g/mol. The first-order chi connectivity index (χ1) is 22.0. The van der Waals surface area contributed by atoms with Crippen LogP contribution in [0.15, 0.2) is 48.5 Å². The molecule has 46 heavy (non-hydrogen) atoms. The molecule has 5 atom stereocenters. The number of carbonyl (C=O) groups excluding carboxylic acids is 5. The second-order valence-electron chi connectivity index (χ2n) is 10.9. The van der Waals surface area contributed by atoms with E-state index < -0.39 is 60.7 Å². The van der Waals surface area contributed by atoms with E-state index in [1.807, 2.05) is 36.4 Å². The molecule has 0 bridgehead atoms. The van der Waals surface area contributed by atoms with Crippen molar-refractivity contribution >= 4 is 30.0 Å². The van der Waals surface area contributed by atoms with Crippen LogP contribution in [0.5, 0.6) is 0 Å². The van der Waals surface area contributed by atoms with Crippen LogP contribution < -0.4 is 5.32 Å². The molecule has 1 fully saturated rings. The lowest BCUT2D eigenvalue weighted by molar-refractivity contribution is -0.308. The van der Waals surface area contributed by atoms with Gasteiger partial charge in [0.15, 0.2) is 24.6 Å². The Bertz CT molecular complexity index is 1370. The maximum atomic E-state index is 12.5. The zero-order valence-corrected chi connectivity index (χ0v) is 26.2. The summed E-state index contributed by atoms with van der Waals surface area (Å²) in [7, 11) is 0. The van der Waals surface area contributed by atoms with Gasteiger partial charge in [0.05, 0.1) is 0 Å². The van der Waals surface area contributed by atoms with Crippen LogP contribution >= 0.6 is 0 Å². The van der Waals surface area contributed by atoms with Gasteiger partial charge in [0.25, 0.3) is 0 Å². The van der Waals surface area contributed by atoms with Gasteiger partial charge in [-0.2, -0.15) is 0 Å². The fourth-order valence-corrected chi connectivity index (χ4v) is 5.59. The summed E-state index contributed by atoms with van der Waals surface area (Å²) in [6, 6.07) is 16.2. The van der Waals surface area contributed by atoms with Crippen molar-refractivity contribution in [3.63, 3.8) is 0 Å². The predicted molar refractivity (Wildman–Crippen MR) is 160 cm³/mol. The van der Waals surface area contributed by atoms with Crippen molar-refractivity contribution in [2.75, 3.05) is 26.4 Å². The van der Waals surface area contributed by atoms with Crippen molar-refractivity contribution in [3.8, 4) is 11.1 Å². The molecule has 1 heterocycles. The minimum Gasteiger partial charge on any atom is -0.463 e. The molecule has 13 heteroatoms. The van der Waals surface area contributed by atoms with E-state index in [0.29, 0.717) is 19.4 Å². The first kappa shape index (κ1) is 34.4. The van der Waals surface area contributed by atoms with Crippen molar-refractivity contribution in [1.82, 2.24) is 5.32 Å². The van der Waals surface area contributed by atoms with Crippen LogP contribution in [0.25, 0.3) is 11.1 Å². The Balaban J connectivity index is 1.29. The van der Waals surface area contributed by atoms with Crippen molar-refractivity contribution in [1.29, 1.82) is 0 Å². The molecule has 1 N–H and O–H groups in total. The topological polar surface area (TPSA) is 162 Å². The van der Waals surface area contributed by atoms with Gasteiger partial charge in [0, 0.05) is 46.8 Å². The summed E-state index contributed by atoms with van der Waals surface area (Å²) in [5, 5.41) is 2.74.